The lowest BCUT2D eigenvalue weighted by Gasteiger charge is -2.38. The summed E-state index contributed by atoms with van der Waals surface area (Å²) >= 11 is 0. The summed E-state index contributed by atoms with van der Waals surface area (Å²) in [6.45, 7) is 4.47. The van der Waals surface area contributed by atoms with E-state index in [0.717, 1.165) is 52.6 Å². The molecule has 2 aliphatic rings. The van der Waals surface area contributed by atoms with Gasteiger partial charge in [0, 0.05) is 18.7 Å². The lowest BCUT2D eigenvalue weighted by molar-refractivity contribution is 0.239. The highest BCUT2D eigenvalue weighted by Gasteiger charge is 2.37. The number of hydrogen-bond acceptors (Lipinski definition) is 6. The average molecular weight is 430 g/mol. The molecule has 0 saturated heterocycles. The molecule has 0 unspecified atom stereocenters. The Bertz CT molecular complexity index is 1120. The third-order valence-electron chi connectivity index (χ3n) is 5.96. The molecule has 1 atom stereocenters. The standard InChI is InChI=1S/C26H27N3O3/c1-4-29-15-19(13-17-5-9-20(30-2)10-6-17)25-23(16-29)24(22(14-27)26(28)32-25)18-7-11-21(31-3)12-8-18/h5-13,24H,4,15-16,28H2,1-3H3/b19-13+/t24-/m0/s1. The van der Waals surface area contributed by atoms with Crippen molar-refractivity contribution in [2.24, 2.45) is 5.73 Å². The molecule has 0 bridgehead atoms. The molecule has 0 spiro atoms. The molecule has 2 heterocycles. The normalized spacial score (nSPS) is 19.9. The van der Waals surface area contributed by atoms with E-state index in [0.29, 0.717) is 12.1 Å². The highest BCUT2D eigenvalue weighted by molar-refractivity contribution is 5.63. The Hall–Kier alpha value is -3.69. The van der Waals surface area contributed by atoms with Crippen molar-refractivity contribution < 1.29 is 14.2 Å². The van der Waals surface area contributed by atoms with Gasteiger partial charge in [0.25, 0.3) is 0 Å². The molecule has 6 heteroatoms. The van der Waals surface area contributed by atoms with E-state index in [1.54, 1.807) is 14.2 Å². The van der Waals surface area contributed by atoms with E-state index in [2.05, 4.69) is 24.0 Å². The quantitative estimate of drug-likeness (QED) is 0.768. The highest BCUT2D eigenvalue weighted by Crippen LogP contribution is 2.44. The number of methoxy groups -OCH3 is 2. The first kappa shape index (κ1) is 21.5. The van der Waals surface area contributed by atoms with Gasteiger partial charge < -0.3 is 19.9 Å². The Morgan fingerprint density at radius 1 is 1.06 bits per heavy atom. The van der Waals surface area contributed by atoms with Crippen molar-refractivity contribution in [3.63, 3.8) is 0 Å². The van der Waals surface area contributed by atoms with E-state index in [1.807, 2.05) is 48.5 Å². The molecule has 4 rings (SSSR count). The second-order valence-corrected chi connectivity index (χ2v) is 7.80. The van der Waals surface area contributed by atoms with Crippen LogP contribution in [0.4, 0.5) is 0 Å². The van der Waals surface area contributed by atoms with Crippen LogP contribution in [0.25, 0.3) is 6.08 Å². The Labute approximate surface area is 188 Å². The summed E-state index contributed by atoms with van der Waals surface area (Å²) in [5.41, 5.74) is 10.8. The number of rotatable bonds is 5. The zero-order chi connectivity index (χ0) is 22.7. The van der Waals surface area contributed by atoms with E-state index < -0.39 is 0 Å². The molecule has 2 N–H and O–H groups in total. The summed E-state index contributed by atoms with van der Waals surface area (Å²) in [4.78, 5) is 2.34. The van der Waals surface area contributed by atoms with Crippen LogP contribution in [0.1, 0.15) is 24.0 Å². The third kappa shape index (κ3) is 4.08. The van der Waals surface area contributed by atoms with Crippen LogP contribution in [0.15, 0.2) is 76.9 Å². The topological polar surface area (TPSA) is 80.7 Å². The summed E-state index contributed by atoms with van der Waals surface area (Å²) in [5.74, 6) is 2.25. The fourth-order valence-corrected chi connectivity index (χ4v) is 4.24. The highest BCUT2D eigenvalue weighted by atomic mass is 16.5. The van der Waals surface area contributed by atoms with Gasteiger partial charge in [0.2, 0.25) is 5.88 Å². The van der Waals surface area contributed by atoms with Crippen molar-refractivity contribution in [1.29, 1.82) is 5.26 Å². The van der Waals surface area contributed by atoms with Crippen LogP contribution < -0.4 is 15.2 Å². The Morgan fingerprint density at radius 3 is 2.25 bits per heavy atom. The summed E-state index contributed by atoms with van der Waals surface area (Å²) < 4.78 is 16.7. The Balaban J connectivity index is 1.82. The van der Waals surface area contributed by atoms with Crippen molar-refractivity contribution >= 4 is 6.08 Å². The first-order chi connectivity index (χ1) is 15.6. The first-order valence-corrected chi connectivity index (χ1v) is 10.6. The molecular weight excluding hydrogens is 402 g/mol. The van der Waals surface area contributed by atoms with Crippen molar-refractivity contribution in [3.05, 3.63) is 88.0 Å². The van der Waals surface area contributed by atoms with Gasteiger partial charge in [-0.2, -0.15) is 5.26 Å². The summed E-state index contributed by atoms with van der Waals surface area (Å²) in [6, 6.07) is 18.0. The molecule has 164 valence electrons. The predicted molar refractivity (Wildman–Crippen MR) is 124 cm³/mol. The lowest BCUT2D eigenvalue weighted by Crippen LogP contribution is -2.38. The monoisotopic (exact) mass is 429 g/mol. The van der Waals surface area contributed by atoms with E-state index in [9.17, 15) is 5.26 Å². The zero-order valence-corrected chi connectivity index (χ0v) is 18.6. The van der Waals surface area contributed by atoms with Crippen molar-refractivity contribution in [2.45, 2.75) is 12.8 Å². The number of allylic oxidation sites excluding steroid dienone is 1. The SMILES string of the molecule is CCN1CC2=C(OC(N)=C(C#N)[C@@H]2c2ccc(OC)cc2)/C(=C/c2ccc(OC)cc2)C1. The predicted octanol–water partition coefficient (Wildman–Crippen LogP) is 4.18. The van der Waals surface area contributed by atoms with Crippen LogP contribution >= 0.6 is 0 Å². The molecular formula is C26H27N3O3. The molecule has 0 aromatic heterocycles. The molecule has 0 amide bonds. The molecule has 0 radical (unpaired) electrons. The minimum atomic E-state index is -0.261. The maximum Gasteiger partial charge on any atom is 0.205 e. The van der Waals surface area contributed by atoms with Crippen LogP contribution in [0.3, 0.4) is 0 Å². The van der Waals surface area contributed by atoms with Crippen LogP contribution in [0.5, 0.6) is 11.5 Å². The van der Waals surface area contributed by atoms with E-state index in [4.69, 9.17) is 19.9 Å². The minimum absolute atomic E-state index is 0.164. The van der Waals surface area contributed by atoms with Gasteiger partial charge in [-0.3, -0.25) is 4.90 Å². The second kappa shape index (κ2) is 9.21. The molecule has 2 aromatic carbocycles. The van der Waals surface area contributed by atoms with E-state index in [1.165, 1.54) is 0 Å². The molecule has 2 aliphatic heterocycles. The number of nitrogens with two attached hydrogens (primary N) is 1. The molecule has 32 heavy (non-hydrogen) atoms. The van der Waals surface area contributed by atoms with Gasteiger partial charge >= 0.3 is 0 Å². The molecule has 0 saturated carbocycles. The van der Waals surface area contributed by atoms with Crippen LogP contribution in [-0.2, 0) is 4.74 Å². The van der Waals surface area contributed by atoms with Crippen molar-refractivity contribution in [2.75, 3.05) is 33.9 Å². The fraction of sp³-hybridized carbons (Fsp3) is 0.269. The summed E-state index contributed by atoms with van der Waals surface area (Å²) in [5, 5.41) is 9.90. The van der Waals surface area contributed by atoms with Crippen LogP contribution in [-0.4, -0.2) is 38.8 Å². The van der Waals surface area contributed by atoms with E-state index >= 15 is 0 Å². The molecule has 0 fully saturated rings. The Kier molecular flexibility index (Phi) is 6.20. The molecule has 0 aliphatic carbocycles. The van der Waals surface area contributed by atoms with Gasteiger partial charge in [0.1, 0.15) is 28.9 Å². The molecule has 2 aromatic rings. The number of hydrogen-bond donors (Lipinski definition) is 1. The van der Waals surface area contributed by atoms with Gasteiger partial charge in [-0.05, 0) is 53.6 Å². The number of ether oxygens (including phenoxy) is 3. The second-order valence-electron chi connectivity index (χ2n) is 7.80. The van der Waals surface area contributed by atoms with Gasteiger partial charge in [-0.1, -0.05) is 31.2 Å². The molecule has 6 nitrogen and oxygen atoms in total. The smallest absolute Gasteiger partial charge is 0.205 e. The van der Waals surface area contributed by atoms with Crippen molar-refractivity contribution in [1.82, 2.24) is 4.90 Å². The van der Waals surface area contributed by atoms with Crippen molar-refractivity contribution in [3.8, 4) is 17.6 Å². The van der Waals surface area contributed by atoms with Crippen LogP contribution in [0, 0.1) is 11.3 Å². The van der Waals surface area contributed by atoms with Gasteiger partial charge in [-0.15, -0.1) is 0 Å². The maximum atomic E-state index is 9.90. The van der Waals surface area contributed by atoms with Crippen LogP contribution in [0.2, 0.25) is 0 Å². The average Bonchev–Trinajstić information content (AvgIpc) is 2.84. The number of nitriles is 1. The number of likely N-dealkylation sites (N-methyl/N-ethyl adjacent to an activating group) is 1. The third-order valence-corrected chi connectivity index (χ3v) is 5.96. The van der Waals surface area contributed by atoms with Gasteiger partial charge in [-0.25, -0.2) is 0 Å². The van der Waals surface area contributed by atoms with Gasteiger partial charge in [0.05, 0.1) is 20.1 Å². The summed E-state index contributed by atoms with van der Waals surface area (Å²) in [7, 11) is 3.29. The number of nitrogens with zero attached hydrogens (tertiary/aromatic N) is 2. The maximum absolute atomic E-state index is 9.90. The minimum Gasteiger partial charge on any atom is -0.497 e. The zero-order valence-electron chi connectivity index (χ0n) is 18.6. The largest absolute Gasteiger partial charge is 0.497 e. The Morgan fingerprint density at radius 2 is 1.69 bits per heavy atom. The van der Waals surface area contributed by atoms with E-state index in [-0.39, 0.29) is 11.8 Å². The fourth-order valence-electron chi connectivity index (χ4n) is 4.24. The lowest BCUT2D eigenvalue weighted by atomic mass is 9.80. The van der Waals surface area contributed by atoms with Gasteiger partial charge in [0.15, 0.2) is 0 Å². The number of benzene rings is 2. The summed E-state index contributed by atoms with van der Waals surface area (Å²) in [6.07, 6.45) is 2.12. The first-order valence-electron chi connectivity index (χ1n) is 10.6.